The number of nitrogens with one attached hydrogen (secondary N) is 1. The van der Waals surface area contributed by atoms with E-state index in [1.54, 1.807) is 6.92 Å². The van der Waals surface area contributed by atoms with Gasteiger partial charge in [-0.3, -0.25) is 0 Å². The lowest BCUT2D eigenvalue weighted by atomic mass is 10.2. The molecular formula is C11H13Cl3N2O2S. The Morgan fingerprint density at radius 3 is 2.16 bits per heavy atom. The second kappa shape index (κ2) is 5.76. The standard InChI is InChI=1S/C11H13Cl3N2O2S/c1-2-16(8-5-15-6-8)19(17,18)11-9(13)3-7(12)4-10(11)14/h3-4,8,15H,2,5-6H2,1H3. The van der Waals surface area contributed by atoms with E-state index in [9.17, 15) is 8.42 Å². The van der Waals surface area contributed by atoms with Crippen molar-refractivity contribution < 1.29 is 8.42 Å². The van der Waals surface area contributed by atoms with Crippen LogP contribution in [-0.4, -0.2) is 38.4 Å². The molecular weight excluding hydrogens is 331 g/mol. The minimum absolute atomic E-state index is 0.0447. The van der Waals surface area contributed by atoms with Crippen LogP contribution in [0.1, 0.15) is 6.92 Å². The van der Waals surface area contributed by atoms with Gasteiger partial charge in [-0.2, -0.15) is 4.31 Å². The minimum atomic E-state index is -3.72. The first-order valence-corrected chi connectivity index (χ1v) is 8.32. The zero-order valence-corrected chi connectivity index (χ0v) is 13.2. The van der Waals surface area contributed by atoms with Gasteiger partial charge in [-0.25, -0.2) is 8.42 Å². The zero-order valence-electron chi connectivity index (χ0n) is 10.2. The fourth-order valence-electron chi connectivity index (χ4n) is 1.99. The average molecular weight is 344 g/mol. The highest BCUT2D eigenvalue weighted by Crippen LogP contribution is 2.35. The molecule has 1 aromatic carbocycles. The predicted molar refractivity (Wildman–Crippen MR) is 77.7 cm³/mol. The van der Waals surface area contributed by atoms with Gasteiger partial charge in [-0.15, -0.1) is 0 Å². The maximum Gasteiger partial charge on any atom is 0.246 e. The molecule has 0 spiro atoms. The van der Waals surface area contributed by atoms with Crippen molar-refractivity contribution in [1.29, 1.82) is 0 Å². The van der Waals surface area contributed by atoms with Gasteiger partial charge in [-0.05, 0) is 12.1 Å². The first-order chi connectivity index (χ1) is 8.87. The fourth-order valence-corrected chi connectivity index (χ4v) is 5.12. The van der Waals surface area contributed by atoms with E-state index in [0.29, 0.717) is 24.7 Å². The van der Waals surface area contributed by atoms with Crippen LogP contribution in [-0.2, 0) is 10.0 Å². The molecule has 0 atom stereocenters. The number of sulfonamides is 1. The van der Waals surface area contributed by atoms with Gasteiger partial charge in [0.25, 0.3) is 0 Å². The van der Waals surface area contributed by atoms with E-state index in [0.717, 1.165) is 0 Å². The molecule has 1 heterocycles. The maximum absolute atomic E-state index is 12.6. The van der Waals surface area contributed by atoms with Gasteiger partial charge in [0.1, 0.15) is 4.90 Å². The van der Waals surface area contributed by atoms with Gasteiger partial charge in [0, 0.05) is 24.7 Å². The Morgan fingerprint density at radius 2 is 1.79 bits per heavy atom. The summed E-state index contributed by atoms with van der Waals surface area (Å²) in [5, 5.41) is 3.44. The second-order valence-electron chi connectivity index (χ2n) is 4.22. The monoisotopic (exact) mass is 342 g/mol. The summed E-state index contributed by atoms with van der Waals surface area (Å²) in [6.07, 6.45) is 0. The fraction of sp³-hybridized carbons (Fsp3) is 0.455. The van der Waals surface area contributed by atoms with Crippen LogP contribution in [0.4, 0.5) is 0 Å². The van der Waals surface area contributed by atoms with Gasteiger partial charge in [0.15, 0.2) is 0 Å². The van der Waals surface area contributed by atoms with Crippen molar-refractivity contribution in [3.8, 4) is 0 Å². The molecule has 2 rings (SSSR count). The average Bonchev–Trinajstić information content (AvgIpc) is 2.20. The molecule has 1 fully saturated rings. The molecule has 4 nitrogen and oxygen atoms in total. The van der Waals surface area contributed by atoms with Crippen molar-refractivity contribution >= 4 is 44.8 Å². The van der Waals surface area contributed by atoms with Crippen LogP contribution >= 0.6 is 34.8 Å². The quantitative estimate of drug-likeness (QED) is 0.914. The highest BCUT2D eigenvalue weighted by atomic mass is 35.5. The molecule has 0 amide bonds. The highest BCUT2D eigenvalue weighted by molar-refractivity contribution is 7.89. The molecule has 0 saturated carbocycles. The van der Waals surface area contributed by atoms with Crippen LogP contribution in [0.5, 0.6) is 0 Å². The molecule has 19 heavy (non-hydrogen) atoms. The number of rotatable bonds is 4. The van der Waals surface area contributed by atoms with E-state index >= 15 is 0 Å². The minimum Gasteiger partial charge on any atom is -0.313 e. The molecule has 1 N–H and O–H groups in total. The van der Waals surface area contributed by atoms with Crippen LogP contribution in [0.15, 0.2) is 17.0 Å². The topological polar surface area (TPSA) is 49.4 Å². The molecule has 1 saturated heterocycles. The largest absolute Gasteiger partial charge is 0.313 e. The summed E-state index contributed by atoms with van der Waals surface area (Å²) in [4.78, 5) is -0.0750. The normalized spacial score (nSPS) is 16.7. The molecule has 8 heteroatoms. The third-order valence-corrected chi connectivity index (χ3v) is 6.18. The summed E-state index contributed by atoms with van der Waals surface area (Å²) in [6.45, 7) is 3.42. The van der Waals surface area contributed by atoms with E-state index in [-0.39, 0.29) is 21.0 Å². The van der Waals surface area contributed by atoms with Gasteiger partial charge in [-0.1, -0.05) is 41.7 Å². The second-order valence-corrected chi connectivity index (χ2v) is 7.30. The summed E-state index contributed by atoms with van der Waals surface area (Å²) in [5.74, 6) is 0. The number of halogens is 3. The summed E-state index contributed by atoms with van der Waals surface area (Å²) >= 11 is 17.8. The van der Waals surface area contributed by atoms with Crippen molar-refractivity contribution in [1.82, 2.24) is 9.62 Å². The Bertz CT molecular complexity index is 565. The molecule has 0 aliphatic carbocycles. The first-order valence-electron chi connectivity index (χ1n) is 5.75. The Labute approximate surface area is 127 Å². The molecule has 1 aromatic rings. The molecule has 1 aliphatic rings. The molecule has 0 unspecified atom stereocenters. The van der Waals surface area contributed by atoms with Crippen LogP contribution in [0.25, 0.3) is 0 Å². The van der Waals surface area contributed by atoms with Crippen molar-refractivity contribution in [2.24, 2.45) is 0 Å². The van der Waals surface area contributed by atoms with E-state index in [1.165, 1.54) is 16.4 Å². The summed E-state index contributed by atoms with van der Waals surface area (Å²) in [5.41, 5.74) is 0. The van der Waals surface area contributed by atoms with Gasteiger partial charge >= 0.3 is 0 Å². The van der Waals surface area contributed by atoms with Crippen molar-refractivity contribution in [2.75, 3.05) is 19.6 Å². The lowest BCUT2D eigenvalue weighted by Gasteiger charge is -2.36. The van der Waals surface area contributed by atoms with E-state index < -0.39 is 10.0 Å². The molecule has 0 radical (unpaired) electrons. The molecule has 0 bridgehead atoms. The Hall–Kier alpha value is -0.0400. The van der Waals surface area contributed by atoms with Gasteiger partial charge in [0.2, 0.25) is 10.0 Å². The lowest BCUT2D eigenvalue weighted by molar-refractivity contribution is 0.249. The number of benzene rings is 1. The highest BCUT2D eigenvalue weighted by Gasteiger charge is 2.36. The number of hydrogen-bond donors (Lipinski definition) is 1. The van der Waals surface area contributed by atoms with Gasteiger partial charge < -0.3 is 5.32 Å². The number of nitrogens with zero attached hydrogens (tertiary/aromatic N) is 1. The maximum atomic E-state index is 12.6. The van der Waals surface area contributed by atoms with E-state index in [2.05, 4.69) is 5.32 Å². The van der Waals surface area contributed by atoms with Crippen LogP contribution in [0, 0.1) is 0 Å². The summed E-state index contributed by atoms with van der Waals surface area (Å²) in [7, 11) is -3.72. The smallest absolute Gasteiger partial charge is 0.246 e. The first kappa shape index (κ1) is 15.4. The van der Waals surface area contributed by atoms with Crippen LogP contribution in [0.2, 0.25) is 15.1 Å². The third-order valence-electron chi connectivity index (χ3n) is 3.01. The Morgan fingerprint density at radius 1 is 1.26 bits per heavy atom. The molecule has 0 aromatic heterocycles. The van der Waals surface area contributed by atoms with E-state index in [4.69, 9.17) is 34.8 Å². The van der Waals surface area contributed by atoms with Crippen molar-refractivity contribution in [3.63, 3.8) is 0 Å². The van der Waals surface area contributed by atoms with Crippen molar-refractivity contribution in [3.05, 3.63) is 27.2 Å². The van der Waals surface area contributed by atoms with Gasteiger partial charge in [0.05, 0.1) is 16.1 Å². The molecule has 1 aliphatic heterocycles. The van der Waals surface area contributed by atoms with Crippen LogP contribution < -0.4 is 5.32 Å². The SMILES string of the molecule is CCN(C1CNC1)S(=O)(=O)c1c(Cl)cc(Cl)cc1Cl. The number of likely N-dealkylation sites (N-methyl/N-ethyl adjacent to an activating group) is 1. The Kier molecular flexibility index (Phi) is 4.65. The van der Waals surface area contributed by atoms with E-state index in [1.807, 2.05) is 0 Å². The Balaban J connectivity index is 2.49. The lowest BCUT2D eigenvalue weighted by Crippen LogP contribution is -2.58. The molecule has 106 valence electrons. The van der Waals surface area contributed by atoms with Crippen LogP contribution in [0.3, 0.4) is 0 Å². The number of hydrogen-bond acceptors (Lipinski definition) is 3. The zero-order chi connectivity index (χ0) is 14.2. The summed E-state index contributed by atoms with van der Waals surface area (Å²) < 4.78 is 26.7. The summed E-state index contributed by atoms with van der Waals surface area (Å²) in [6, 6.07) is 2.71. The third kappa shape index (κ3) is 2.86. The van der Waals surface area contributed by atoms with Crippen molar-refractivity contribution in [2.45, 2.75) is 17.9 Å². The predicted octanol–water partition coefficient (Wildman–Crippen LogP) is 2.63.